The summed E-state index contributed by atoms with van der Waals surface area (Å²) in [6, 6.07) is 6.97. The predicted octanol–water partition coefficient (Wildman–Crippen LogP) is 2.21. The van der Waals surface area contributed by atoms with Crippen molar-refractivity contribution in [1.82, 2.24) is 0 Å². The number of aliphatic hydroxyl groups excluding tert-OH is 1. The van der Waals surface area contributed by atoms with Crippen LogP contribution in [0.2, 0.25) is 5.02 Å². The van der Waals surface area contributed by atoms with Crippen LogP contribution in [0.5, 0.6) is 0 Å². The molecule has 1 rings (SSSR count). The second-order valence-electron chi connectivity index (χ2n) is 2.96. The number of hydrogen-bond donors (Lipinski definition) is 1. The van der Waals surface area contributed by atoms with Crippen molar-refractivity contribution in [3.05, 3.63) is 34.9 Å². The first kappa shape index (κ1) is 10.2. The lowest BCUT2D eigenvalue weighted by Gasteiger charge is -2.14. The number of aliphatic hydroxyl groups is 1. The van der Waals surface area contributed by atoms with Crippen LogP contribution in [0.3, 0.4) is 0 Å². The average Bonchev–Trinajstić information content (AvgIpc) is 2.16. The topological polar surface area (TPSA) is 37.3 Å². The summed E-state index contributed by atoms with van der Waals surface area (Å²) in [6.45, 7) is 1.65. The molecule has 0 fully saturated rings. The zero-order valence-corrected chi connectivity index (χ0v) is 8.03. The molecule has 13 heavy (non-hydrogen) atoms. The van der Waals surface area contributed by atoms with Crippen molar-refractivity contribution in [2.75, 3.05) is 0 Å². The Labute approximate surface area is 82.2 Å². The lowest BCUT2D eigenvalue weighted by molar-refractivity contribution is -0.113. The van der Waals surface area contributed by atoms with Gasteiger partial charge in [0.1, 0.15) is 6.29 Å². The van der Waals surface area contributed by atoms with E-state index >= 15 is 0 Å². The molecule has 0 aliphatic carbocycles. The molecule has 2 atom stereocenters. The second kappa shape index (κ2) is 4.40. The summed E-state index contributed by atoms with van der Waals surface area (Å²) < 4.78 is 0. The molecule has 0 saturated heterocycles. The van der Waals surface area contributed by atoms with Gasteiger partial charge in [-0.05, 0) is 11.6 Å². The number of benzene rings is 1. The maximum absolute atomic E-state index is 10.4. The third-order valence-corrected chi connectivity index (χ3v) is 2.28. The number of hydrogen-bond acceptors (Lipinski definition) is 2. The summed E-state index contributed by atoms with van der Waals surface area (Å²) in [5.74, 6) is -0.431. The Morgan fingerprint density at radius 2 is 2.08 bits per heavy atom. The van der Waals surface area contributed by atoms with E-state index < -0.39 is 12.0 Å². The molecular formula is C10H11ClO2. The van der Waals surface area contributed by atoms with E-state index in [2.05, 4.69) is 0 Å². The van der Waals surface area contributed by atoms with Crippen molar-refractivity contribution >= 4 is 17.9 Å². The second-order valence-corrected chi connectivity index (χ2v) is 3.37. The summed E-state index contributed by atoms with van der Waals surface area (Å²) in [5, 5.41) is 10.1. The Hall–Kier alpha value is -0.860. The van der Waals surface area contributed by atoms with Gasteiger partial charge in [-0.3, -0.25) is 0 Å². The molecule has 0 aliphatic heterocycles. The Morgan fingerprint density at radius 3 is 2.62 bits per heavy atom. The van der Waals surface area contributed by atoms with Crippen LogP contribution < -0.4 is 0 Å². The lowest BCUT2D eigenvalue weighted by Crippen LogP contribution is -2.10. The fourth-order valence-electron chi connectivity index (χ4n) is 1.07. The first-order chi connectivity index (χ1) is 6.16. The molecule has 1 aromatic carbocycles. The van der Waals surface area contributed by atoms with Crippen molar-refractivity contribution in [3.8, 4) is 0 Å². The maximum Gasteiger partial charge on any atom is 0.125 e. The highest BCUT2D eigenvalue weighted by molar-refractivity contribution is 6.31. The molecular weight excluding hydrogens is 188 g/mol. The number of halogens is 1. The van der Waals surface area contributed by atoms with E-state index in [1.54, 1.807) is 31.2 Å². The third-order valence-electron chi connectivity index (χ3n) is 1.94. The van der Waals surface area contributed by atoms with Gasteiger partial charge in [0.15, 0.2) is 0 Å². The normalized spacial score (nSPS) is 15.0. The maximum atomic E-state index is 10.4. The number of carbonyl (C=O) groups is 1. The Morgan fingerprint density at radius 1 is 1.46 bits per heavy atom. The van der Waals surface area contributed by atoms with Gasteiger partial charge in [0.25, 0.3) is 0 Å². The van der Waals surface area contributed by atoms with E-state index in [9.17, 15) is 9.90 Å². The zero-order chi connectivity index (χ0) is 9.84. The summed E-state index contributed by atoms with van der Waals surface area (Å²) in [6.07, 6.45) is -0.0974. The minimum absolute atomic E-state index is 0.431. The summed E-state index contributed by atoms with van der Waals surface area (Å²) in [4.78, 5) is 10.4. The van der Waals surface area contributed by atoms with Crippen molar-refractivity contribution in [2.24, 2.45) is 5.92 Å². The van der Waals surface area contributed by atoms with E-state index in [0.717, 1.165) is 0 Å². The Kier molecular flexibility index (Phi) is 3.46. The molecule has 0 radical (unpaired) electrons. The van der Waals surface area contributed by atoms with Gasteiger partial charge in [-0.15, -0.1) is 0 Å². The smallest absolute Gasteiger partial charge is 0.125 e. The van der Waals surface area contributed by atoms with Gasteiger partial charge in [0.05, 0.1) is 6.10 Å². The highest BCUT2D eigenvalue weighted by atomic mass is 35.5. The highest BCUT2D eigenvalue weighted by Gasteiger charge is 2.17. The summed E-state index contributed by atoms with van der Waals surface area (Å²) in [7, 11) is 0. The van der Waals surface area contributed by atoms with Gasteiger partial charge >= 0.3 is 0 Å². The van der Waals surface area contributed by atoms with Gasteiger partial charge in [0, 0.05) is 10.9 Å². The van der Waals surface area contributed by atoms with Gasteiger partial charge < -0.3 is 9.90 Å². The van der Waals surface area contributed by atoms with Crippen LogP contribution >= 0.6 is 11.6 Å². The van der Waals surface area contributed by atoms with Crippen molar-refractivity contribution in [1.29, 1.82) is 0 Å². The molecule has 0 bridgehead atoms. The van der Waals surface area contributed by atoms with Crippen LogP contribution in [0.25, 0.3) is 0 Å². The van der Waals surface area contributed by atoms with Crippen LogP contribution in [-0.2, 0) is 4.79 Å². The molecule has 3 heteroatoms. The SMILES string of the molecule is C[C@H](C=O)[C@@H](O)c1ccccc1Cl. The molecule has 1 aromatic rings. The summed E-state index contributed by atoms with van der Waals surface area (Å²) in [5.41, 5.74) is 0.601. The third kappa shape index (κ3) is 2.29. The van der Waals surface area contributed by atoms with Gasteiger partial charge in [-0.25, -0.2) is 0 Å². The van der Waals surface area contributed by atoms with Gasteiger partial charge in [-0.1, -0.05) is 36.7 Å². The van der Waals surface area contributed by atoms with E-state index in [1.807, 2.05) is 0 Å². The average molecular weight is 199 g/mol. The molecule has 0 amide bonds. The van der Waals surface area contributed by atoms with Crippen LogP contribution in [0.15, 0.2) is 24.3 Å². The quantitative estimate of drug-likeness (QED) is 0.757. The van der Waals surface area contributed by atoms with E-state index in [1.165, 1.54) is 0 Å². The fraction of sp³-hybridized carbons (Fsp3) is 0.300. The van der Waals surface area contributed by atoms with E-state index in [-0.39, 0.29) is 0 Å². The minimum atomic E-state index is -0.814. The van der Waals surface area contributed by atoms with Crippen LogP contribution in [0.1, 0.15) is 18.6 Å². The number of rotatable bonds is 3. The Bertz CT molecular complexity index is 299. The number of aldehydes is 1. The lowest BCUT2D eigenvalue weighted by atomic mass is 9.99. The number of carbonyl (C=O) groups excluding carboxylic acids is 1. The first-order valence-corrected chi connectivity index (χ1v) is 4.42. The minimum Gasteiger partial charge on any atom is -0.388 e. The van der Waals surface area contributed by atoms with Crippen molar-refractivity contribution in [3.63, 3.8) is 0 Å². The zero-order valence-electron chi connectivity index (χ0n) is 7.27. The Balaban J connectivity index is 2.94. The largest absolute Gasteiger partial charge is 0.388 e. The van der Waals surface area contributed by atoms with Gasteiger partial charge in [-0.2, -0.15) is 0 Å². The molecule has 2 nitrogen and oxygen atoms in total. The molecule has 0 spiro atoms. The predicted molar refractivity (Wildman–Crippen MR) is 51.6 cm³/mol. The van der Waals surface area contributed by atoms with Crippen LogP contribution in [0.4, 0.5) is 0 Å². The molecule has 0 heterocycles. The van der Waals surface area contributed by atoms with Crippen LogP contribution in [0, 0.1) is 5.92 Å². The van der Waals surface area contributed by atoms with Crippen LogP contribution in [-0.4, -0.2) is 11.4 Å². The van der Waals surface area contributed by atoms with Crippen molar-refractivity contribution < 1.29 is 9.90 Å². The first-order valence-electron chi connectivity index (χ1n) is 4.04. The van der Waals surface area contributed by atoms with E-state index in [0.29, 0.717) is 16.9 Å². The molecule has 0 aromatic heterocycles. The fourth-order valence-corrected chi connectivity index (χ4v) is 1.32. The molecule has 0 unspecified atom stereocenters. The summed E-state index contributed by atoms with van der Waals surface area (Å²) >= 11 is 5.84. The standard InChI is InChI=1S/C10H11ClO2/c1-7(6-12)10(13)8-4-2-3-5-9(8)11/h2-7,10,13H,1H3/t7-,10-/m1/s1. The monoisotopic (exact) mass is 198 g/mol. The molecule has 70 valence electrons. The highest BCUT2D eigenvalue weighted by Crippen LogP contribution is 2.26. The van der Waals surface area contributed by atoms with Gasteiger partial charge in [0.2, 0.25) is 0 Å². The molecule has 0 aliphatic rings. The molecule has 1 N–H and O–H groups in total. The van der Waals surface area contributed by atoms with Crippen molar-refractivity contribution in [2.45, 2.75) is 13.0 Å². The van der Waals surface area contributed by atoms with E-state index in [4.69, 9.17) is 11.6 Å². The molecule has 0 saturated carbocycles.